The number of rotatable bonds is 7. The van der Waals surface area contributed by atoms with Crippen LogP contribution < -0.4 is 9.47 Å². The molecule has 4 aromatic rings. The van der Waals surface area contributed by atoms with Crippen LogP contribution >= 0.6 is 11.8 Å². The molecule has 1 aromatic heterocycles. The molecule has 0 bridgehead atoms. The highest BCUT2D eigenvalue weighted by molar-refractivity contribution is 7.99. The van der Waals surface area contributed by atoms with Crippen LogP contribution in [-0.4, -0.2) is 41.6 Å². The van der Waals surface area contributed by atoms with Crippen molar-refractivity contribution in [2.24, 2.45) is 5.10 Å². The maximum absolute atomic E-state index is 13.3. The molecule has 1 atom stereocenters. The topological polar surface area (TPSA) is 77.2 Å². The van der Waals surface area contributed by atoms with Gasteiger partial charge in [0.1, 0.15) is 17.0 Å². The van der Waals surface area contributed by atoms with Gasteiger partial charge in [-0.1, -0.05) is 36.0 Å². The number of carbonyl (C=O) groups is 1. The zero-order valence-corrected chi connectivity index (χ0v) is 19.6. The van der Waals surface area contributed by atoms with Gasteiger partial charge in [-0.05, 0) is 59.7 Å². The predicted molar refractivity (Wildman–Crippen MR) is 131 cm³/mol. The van der Waals surface area contributed by atoms with Gasteiger partial charge in [0.05, 0.1) is 31.7 Å². The maximum Gasteiger partial charge on any atom is 0.257 e. The molecule has 2 heterocycles. The molecule has 3 aromatic carbocycles. The van der Waals surface area contributed by atoms with Crippen LogP contribution in [0.5, 0.6) is 11.5 Å². The number of hydrazone groups is 1. The fraction of sp³-hybridized carbons (Fsp3) is 0.192. The summed E-state index contributed by atoms with van der Waals surface area (Å²) in [5, 5.41) is 6.78. The van der Waals surface area contributed by atoms with Gasteiger partial charge in [-0.25, -0.2) is 9.99 Å². The Kier molecular flexibility index (Phi) is 6.22. The summed E-state index contributed by atoms with van der Waals surface area (Å²) in [7, 11) is 3.27. The first-order chi connectivity index (χ1) is 16.6. The van der Waals surface area contributed by atoms with E-state index in [9.17, 15) is 4.79 Å². The summed E-state index contributed by atoms with van der Waals surface area (Å²) in [4.78, 5) is 17.8. The van der Waals surface area contributed by atoms with Crippen LogP contribution in [0.4, 0.5) is 0 Å². The number of fused-ring (bicyclic) bond motifs is 1. The number of carbonyl (C=O) groups excluding carboxylic acids is 1. The van der Waals surface area contributed by atoms with Gasteiger partial charge in [-0.2, -0.15) is 5.10 Å². The van der Waals surface area contributed by atoms with E-state index in [1.807, 2.05) is 72.8 Å². The molecule has 172 valence electrons. The second kappa shape index (κ2) is 9.61. The summed E-state index contributed by atoms with van der Waals surface area (Å²) >= 11 is 1.27. The van der Waals surface area contributed by atoms with Crippen molar-refractivity contribution >= 4 is 34.5 Å². The van der Waals surface area contributed by atoms with Crippen molar-refractivity contribution in [1.29, 1.82) is 0 Å². The Bertz CT molecular complexity index is 1300. The van der Waals surface area contributed by atoms with Crippen molar-refractivity contribution in [2.45, 2.75) is 17.7 Å². The van der Waals surface area contributed by atoms with Gasteiger partial charge in [0.2, 0.25) is 0 Å². The molecule has 0 saturated heterocycles. The lowest BCUT2D eigenvalue weighted by molar-refractivity contribution is -0.130. The van der Waals surface area contributed by atoms with E-state index >= 15 is 0 Å². The first-order valence-electron chi connectivity index (χ1n) is 10.8. The molecule has 7 nitrogen and oxygen atoms in total. The molecular formula is C26H23N3O4S. The predicted octanol–water partition coefficient (Wildman–Crippen LogP) is 5.32. The van der Waals surface area contributed by atoms with Gasteiger partial charge in [0.15, 0.2) is 5.58 Å². The average molecular weight is 474 g/mol. The summed E-state index contributed by atoms with van der Waals surface area (Å²) < 4.78 is 16.3. The standard InChI is InChI=1S/C26H23N3O4S/c1-31-19-11-7-17(8-12-19)22-15-23(18-9-13-20(32-2)14-10-18)29(28-22)25(30)16-34-26-27-21-5-3-4-6-24(21)33-26/h3-14,23H,15-16H2,1-2H3/t23-/m1/s1. The quantitative estimate of drug-likeness (QED) is 0.338. The number of thioether (sulfide) groups is 1. The largest absolute Gasteiger partial charge is 0.497 e. The Hall–Kier alpha value is -3.78. The molecule has 5 rings (SSSR count). The number of amides is 1. The fourth-order valence-corrected chi connectivity index (χ4v) is 4.58. The number of hydrogen-bond acceptors (Lipinski definition) is 7. The zero-order valence-electron chi connectivity index (χ0n) is 18.8. The van der Waals surface area contributed by atoms with Crippen molar-refractivity contribution < 1.29 is 18.7 Å². The SMILES string of the molecule is COc1ccc(C2=NN(C(=O)CSc3nc4ccccc4o3)[C@@H](c3ccc(OC)cc3)C2)cc1. The number of hydrogen-bond donors (Lipinski definition) is 0. The molecule has 0 N–H and O–H groups in total. The van der Waals surface area contributed by atoms with E-state index in [1.54, 1.807) is 19.2 Å². The summed E-state index contributed by atoms with van der Waals surface area (Å²) in [6.45, 7) is 0. The second-order valence-corrected chi connectivity index (χ2v) is 8.67. The minimum absolute atomic E-state index is 0.114. The van der Waals surface area contributed by atoms with E-state index in [0.717, 1.165) is 33.9 Å². The van der Waals surface area contributed by atoms with Crippen LogP contribution in [0.3, 0.4) is 0 Å². The van der Waals surface area contributed by atoms with Crippen molar-refractivity contribution in [1.82, 2.24) is 9.99 Å². The van der Waals surface area contributed by atoms with E-state index in [4.69, 9.17) is 19.0 Å². The van der Waals surface area contributed by atoms with Crippen molar-refractivity contribution in [3.8, 4) is 11.5 Å². The van der Waals surface area contributed by atoms with Gasteiger partial charge >= 0.3 is 0 Å². The molecule has 0 unspecified atom stereocenters. The highest BCUT2D eigenvalue weighted by Gasteiger charge is 2.33. The lowest BCUT2D eigenvalue weighted by Gasteiger charge is -2.22. The lowest BCUT2D eigenvalue weighted by Crippen LogP contribution is -2.28. The third-order valence-electron chi connectivity index (χ3n) is 5.68. The minimum Gasteiger partial charge on any atom is -0.497 e. The number of aromatic nitrogens is 1. The van der Waals surface area contributed by atoms with Gasteiger partial charge < -0.3 is 13.9 Å². The van der Waals surface area contributed by atoms with Crippen LogP contribution in [0, 0.1) is 0 Å². The molecule has 0 radical (unpaired) electrons. The first kappa shape index (κ1) is 22.0. The Morgan fingerprint density at radius 3 is 2.35 bits per heavy atom. The number of methoxy groups -OCH3 is 2. The van der Waals surface area contributed by atoms with E-state index in [-0.39, 0.29) is 17.7 Å². The second-order valence-electron chi connectivity index (χ2n) is 7.74. The van der Waals surface area contributed by atoms with E-state index in [1.165, 1.54) is 11.8 Å². The zero-order chi connectivity index (χ0) is 23.5. The third kappa shape index (κ3) is 4.49. The Labute approximate surface area is 201 Å². The lowest BCUT2D eigenvalue weighted by atomic mass is 9.98. The van der Waals surface area contributed by atoms with E-state index in [0.29, 0.717) is 17.2 Å². The van der Waals surface area contributed by atoms with Crippen LogP contribution in [0.25, 0.3) is 11.1 Å². The molecule has 1 aliphatic rings. The number of para-hydroxylation sites is 2. The van der Waals surface area contributed by atoms with Gasteiger partial charge in [-0.3, -0.25) is 4.79 Å². The van der Waals surface area contributed by atoms with Crippen LogP contribution in [0.15, 0.2) is 87.5 Å². The maximum atomic E-state index is 13.3. The average Bonchev–Trinajstić information content (AvgIpc) is 3.52. The molecule has 0 saturated carbocycles. The molecule has 0 aliphatic carbocycles. The monoisotopic (exact) mass is 473 g/mol. The number of benzene rings is 3. The Balaban J connectivity index is 1.38. The molecule has 1 amide bonds. The molecule has 1 aliphatic heterocycles. The molecule has 0 fully saturated rings. The summed E-state index contributed by atoms with van der Waals surface area (Å²) in [6.07, 6.45) is 0.609. The number of ether oxygens (including phenoxy) is 2. The normalized spacial score (nSPS) is 15.4. The van der Waals surface area contributed by atoms with E-state index < -0.39 is 0 Å². The first-order valence-corrected chi connectivity index (χ1v) is 11.8. The van der Waals surface area contributed by atoms with Crippen molar-refractivity contribution in [3.05, 3.63) is 83.9 Å². The molecule has 8 heteroatoms. The molecule has 0 spiro atoms. The number of oxazole rings is 1. The molecular weight excluding hydrogens is 450 g/mol. The van der Waals surface area contributed by atoms with Gasteiger partial charge in [0, 0.05) is 6.42 Å². The van der Waals surface area contributed by atoms with Gasteiger partial charge in [0.25, 0.3) is 11.1 Å². The summed E-state index contributed by atoms with van der Waals surface area (Å²) in [5.74, 6) is 1.59. The smallest absolute Gasteiger partial charge is 0.257 e. The highest BCUT2D eigenvalue weighted by Crippen LogP contribution is 2.35. The Morgan fingerprint density at radius 2 is 1.68 bits per heavy atom. The Morgan fingerprint density at radius 1 is 1.00 bits per heavy atom. The third-order valence-corrected chi connectivity index (χ3v) is 6.50. The van der Waals surface area contributed by atoms with Crippen LogP contribution in [0.2, 0.25) is 0 Å². The van der Waals surface area contributed by atoms with Gasteiger partial charge in [-0.15, -0.1) is 0 Å². The summed E-state index contributed by atoms with van der Waals surface area (Å²) in [5.41, 5.74) is 4.28. The van der Waals surface area contributed by atoms with Crippen molar-refractivity contribution in [3.63, 3.8) is 0 Å². The van der Waals surface area contributed by atoms with Crippen LogP contribution in [0.1, 0.15) is 23.6 Å². The molecule has 34 heavy (non-hydrogen) atoms. The highest BCUT2D eigenvalue weighted by atomic mass is 32.2. The van der Waals surface area contributed by atoms with Crippen molar-refractivity contribution in [2.75, 3.05) is 20.0 Å². The minimum atomic E-state index is -0.209. The van der Waals surface area contributed by atoms with E-state index in [2.05, 4.69) is 4.98 Å². The summed E-state index contributed by atoms with van der Waals surface area (Å²) in [6, 6.07) is 22.8. The van der Waals surface area contributed by atoms with Crippen LogP contribution in [-0.2, 0) is 4.79 Å². The number of nitrogens with zero attached hydrogens (tertiary/aromatic N) is 3. The fourth-order valence-electron chi connectivity index (χ4n) is 3.89.